The molecular formula is C14H18ClNO. The fourth-order valence-corrected chi connectivity index (χ4v) is 2.82. The zero-order valence-electron chi connectivity index (χ0n) is 10.3. The molecule has 0 aromatic heterocycles. The van der Waals surface area contributed by atoms with Crippen molar-refractivity contribution in [2.24, 2.45) is 5.92 Å². The molecule has 0 aliphatic carbocycles. The topological polar surface area (TPSA) is 20.3 Å². The van der Waals surface area contributed by atoms with E-state index in [2.05, 4.69) is 18.7 Å². The lowest BCUT2D eigenvalue weighted by atomic mass is 9.94. The summed E-state index contributed by atoms with van der Waals surface area (Å²) in [5.41, 5.74) is 1.60. The van der Waals surface area contributed by atoms with E-state index in [9.17, 15) is 4.79 Å². The van der Waals surface area contributed by atoms with Crippen LogP contribution in [0, 0.1) is 5.92 Å². The van der Waals surface area contributed by atoms with Crippen molar-refractivity contribution in [1.29, 1.82) is 0 Å². The molecule has 0 saturated carbocycles. The number of aldehydes is 1. The van der Waals surface area contributed by atoms with E-state index in [-0.39, 0.29) is 0 Å². The monoisotopic (exact) mass is 251 g/mol. The van der Waals surface area contributed by atoms with Gasteiger partial charge in [-0.3, -0.25) is 4.79 Å². The molecular weight excluding hydrogens is 234 g/mol. The molecule has 92 valence electrons. The predicted molar refractivity (Wildman–Crippen MR) is 72.0 cm³/mol. The molecule has 2 unspecified atom stereocenters. The summed E-state index contributed by atoms with van der Waals surface area (Å²) in [6.07, 6.45) is 3.30. The maximum atomic E-state index is 11.1. The number of benzene rings is 1. The Labute approximate surface area is 108 Å². The van der Waals surface area contributed by atoms with Crippen LogP contribution in [0.1, 0.15) is 37.0 Å². The van der Waals surface area contributed by atoms with Gasteiger partial charge >= 0.3 is 0 Å². The average molecular weight is 252 g/mol. The Morgan fingerprint density at radius 1 is 1.35 bits per heavy atom. The smallest absolute Gasteiger partial charge is 0.152 e. The molecule has 1 aliphatic heterocycles. The first-order valence-electron chi connectivity index (χ1n) is 6.13. The van der Waals surface area contributed by atoms with Crippen LogP contribution in [0.4, 0.5) is 5.69 Å². The van der Waals surface area contributed by atoms with E-state index < -0.39 is 0 Å². The Bertz CT molecular complexity index is 419. The second kappa shape index (κ2) is 5.09. The van der Waals surface area contributed by atoms with E-state index in [1.54, 1.807) is 0 Å². The van der Waals surface area contributed by atoms with E-state index >= 15 is 0 Å². The lowest BCUT2D eigenvalue weighted by molar-refractivity contribution is 0.112. The Morgan fingerprint density at radius 2 is 2.12 bits per heavy atom. The van der Waals surface area contributed by atoms with Gasteiger partial charge in [-0.2, -0.15) is 0 Å². The molecule has 1 fully saturated rings. The van der Waals surface area contributed by atoms with E-state index in [0.29, 0.717) is 22.5 Å². The van der Waals surface area contributed by atoms with Gasteiger partial charge in [0.2, 0.25) is 0 Å². The third-order valence-electron chi connectivity index (χ3n) is 3.55. The van der Waals surface area contributed by atoms with Crippen LogP contribution in [0.25, 0.3) is 0 Å². The van der Waals surface area contributed by atoms with Crippen molar-refractivity contribution >= 4 is 23.6 Å². The molecule has 1 heterocycles. The lowest BCUT2D eigenvalue weighted by Crippen LogP contribution is -2.41. The number of piperidine rings is 1. The molecule has 1 aromatic rings. The largest absolute Gasteiger partial charge is 0.367 e. The quantitative estimate of drug-likeness (QED) is 0.746. The maximum absolute atomic E-state index is 11.1. The number of carbonyl (C=O) groups is 1. The highest BCUT2D eigenvalue weighted by atomic mass is 35.5. The molecule has 0 bridgehead atoms. The number of para-hydroxylation sites is 1. The normalized spacial score (nSPS) is 24.8. The summed E-state index contributed by atoms with van der Waals surface area (Å²) in [5.74, 6) is 0.655. The summed E-state index contributed by atoms with van der Waals surface area (Å²) in [6.45, 7) is 5.42. The molecule has 3 heteroatoms. The van der Waals surface area contributed by atoms with Crippen LogP contribution in [0.15, 0.2) is 18.2 Å². The summed E-state index contributed by atoms with van der Waals surface area (Å²) >= 11 is 6.25. The highest BCUT2D eigenvalue weighted by molar-refractivity contribution is 6.34. The first kappa shape index (κ1) is 12.4. The molecule has 1 saturated heterocycles. The predicted octanol–water partition coefficient (Wildman–Crippen LogP) is 3.78. The fourth-order valence-electron chi connectivity index (χ4n) is 2.53. The zero-order valence-corrected chi connectivity index (χ0v) is 11.1. The molecule has 0 radical (unpaired) electrons. The van der Waals surface area contributed by atoms with Crippen LogP contribution >= 0.6 is 11.6 Å². The molecule has 2 rings (SSSR count). The lowest BCUT2D eigenvalue weighted by Gasteiger charge is -2.39. The number of hydrogen-bond acceptors (Lipinski definition) is 2. The maximum Gasteiger partial charge on any atom is 0.152 e. The molecule has 0 amide bonds. The van der Waals surface area contributed by atoms with Crippen molar-refractivity contribution in [3.63, 3.8) is 0 Å². The summed E-state index contributed by atoms with van der Waals surface area (Å²) < 4.78 is 0. The molecule has 1 aromatic carbocycles. The summed E-state index contributed by atoms with van der Waals surface area (Å²) in [7, 11) is 0. The zero-order chi connectivity index (χ0) is 12.4. The van der Waals surface area contributed by atoms with Gasteiger partial charge in [-0.25, -0.2) is 0 Å². The van der Waals surface area contributed by atoms with E-state index in [1.165, 1.54) is 6.42 Å². The number of rotatable bonds is 2. The number of anilines is 1. The van der Waals surface area contributed by atoms with Crippen molar-refractivity contribution in [1.82, 2.24) is 0 Å². The van der Waals surface area contributed by atoms with Crippen LogP contribution in [0.5, 0.6) is 0 Å². The molecule has 17 heavy (non-hydrogen) atoms. The van der Waals surface area contributed by atoms with Crippen molar-refractivity contribution in [3.8, 4) is 0 Å². The van der Waals surface area contributed by atoms with Crippen molar-refractivity contribution in [3.05, 3.63) is 28.8 Å². The minimum absolute atomic E-state index is 0.449. The van der Waals surface area contributed by atoms with Gasteiger partial charge < -0.3 is 4.90 Å². The van der Waals surface area contributed by atoms with Crippen LogP contribution in [-0.4, -0.2) is 18.9 Å². The van der Waals surface area contributed by atoms with E-state index in [1.807, 2.05) is 18.2 Å². The highest BCUT2D eigenvalue weighted by Gasteiger charge is 2.26. The SMILES string of the molecule is CC1CCC(C)N(c2c(Cl)cccc2C=O)C1. The van der Waals surface area contributed by atoms with E-state index in [4.69, 9.17) is 11.6 Å². The van der Waals surface area contributed by atoms with Crippen molar-refractivity contribution in [2.75, 3.05) is 11.4 Å². The summed E-state index contributed by atoms with van der Waals surface area (Å²) in [4.78, 5) is 13.4. The molecule has 2 atom stereocenters. The van der Waals surface area contributed by atoms with Crippen molar-refractivity contribution < 1.29 is 4.79 Å². The molecule has 2 nitrogen and oxygen atoms in total. The first-order chi connectivity index (χ1) is 8.13. The third kappa shape index (κ3) is 2.47. The van der Waals surface area contributed by atoms with E-state index in [0.717, 1.165) is 24.9 Å². The van der Waals surface area contributed by atoms with Crippen molar-refractivity contribution in [2.45, 2.75) is 32.7 Å². The summed E-state index contributed by atoms with van der Waals surface area (Å²) in [6, 6.07) is 5.97. The van der Waals surface area contributed by atoms with Gasteiger partial charge in [0, 0.05) is 18.2 Å². The average Bonchev–Trinajstić information content (AvgIpc) is 2.32. The summed E-state index contributed by atoms with van der Waals surface area (Å²) in [5, 5.41) is 0.676. The van der Waals surface area contributed by atoms with Gasteiger partial charge in [0.05, 0.1) is 10.7 Å². The second-order valence-electron chi connectivity index (χ2n) is 4.98. The number of carbonyl (C=O) groups excluding carboxylic acids is 1. The third-order valence-corrected chi connectivity index (χ3v) is 3.85. The minimum Gasteiger partial charge on any atom is -0.367 e. The van der Waals surface area contributed by atoms with Gasteiger partial charge in [0.15, 0.2) is 6.29 Å². The van der Waals surface area contributed by atoms with Gasteiger partial charge in [0.25, 0.3) is 0 Å². The Hall–Kier alpha value is -1.02. The molecule has 0 N–H and O–H groups in total. The van der Waals surface area contributed by atoms with Gasteiger partial charge in [-0.05, 0) is 37.8 Å². The van der Waals surface area contributed by atoms with Gasteiger partial charge in [0.1, 0.15) is 0 Å². The van der Waals surface area contributed by atoms with Crippen LogP contribution in [0.2, 0.25) is 5.02 Å². The number of halogens is 1. The van der Waals surface area contributed by atoms with Crippen LogP contribution in [-0.2, 0) is 0 Å². The Kier molecular flexibility index (Phi) is 3.72. The second-order valence-corrected chi connectivity index (χ2v) is 5.39. The first-order valence-corrected chi connectivity index (χ1v) is 6.51. The van der Waals surface area contributed by atoms with Crippen LogP contribution < -0.4 is 4.90 Å². The Morgan fingerprint density at radius 3 is 2.82 bits per heavy atom. The van der Waals surface area contributed by atoms with Gasteiger partial charge in [-0.1, -0.05) is 24.6 Å². The highest BCUT2D eigenvalue weighted by Crippen LogP contribution is 2.34. The van der Waals surface area contributed by atoms with Gasteiger partial charge in [-0.15, -0.1) is 0 Å². The number of nitrogens with zero attached hydrogens (tertiary/aromatic N) is 1. The van der Waals surface area contributed by atoms with Crippen LogP contribution in [0.3, 0.4) is 0 Å². The standard InChI is InChI=1S/C14H18ClNO/c1-10-6-7-11(2)16(8-10)14-12(9-17)4-3-5-13(14)15/h3-5,9-11H,6-8H2,1-2H3. The molecule has 1 aliphatic rings. The number of hydrogen-bond donors (Lipinski definition) is 0. The Balaban J connectivity index is 2.41. The minimum atomic E-state index is 0.449. The molecule has 0 spiro atoms. The fraction of sp³-hybridized carbons (Fsp3) is 0.500.